The van der Waals surface area contributed by atoms with Crippen LogP contribution >= 0.6 is 22.9 Å². The summed E-state index contributed by atoms with van der Waals surface area (Å²) in [6.45, 7) is 2.16. The Labute approximate surface area is 187 Å². The molecule has 0 atom stereocenters. The normalized spacial score (nSPS) is 11.0. The van der Waals surface area contributed by atoms with Gasteiger partial charge in [-0.15, -0.1) is 11.3 Å². The summed E-state index contributed by atoms with van der Waals surface area (Å²) in [6, 6.07) is 16.8. The molecule has 1 N–H and O–H groups in total. The Morgan fingerprint density at radius 2 is 1.77 bits per heavy atom. The fourth-order valence-electron chi connectivity index (χ4n) is 3.34. The zero-order chi connectivity index (χ0) is 22.0. The van der Waals surface area contributed by atoms with Gasteiger partial charge in [0.1, 0.15) is 11.2 Å². The second-order valence-corrected chi connectivity index (χ2v) is 8.57. The number of carbonyl (C=O) groups is 1. The Kier molecular flexibility index (Phi) is 6.06. The fourth-order valence-corrected chi connectivity index (χ4v) is 4.38. The largest absolute Gasteiger partial charge is 0.350 e. The molecule has 0 saturated heterocycles. The Balaban J connectivity index is 1.63. The van der Waals surface area contributed by atoms with E-state index >= 15 is 0 Å². The molecule has 0 spiro atoms. The minimum atomic E-state index is -0.510. The van der Waals surface area contributed by atoms with Crippen molar-refractivity contribution in [2.24, 2.45) is 0 Å². The number of hydrogen-bond donors (Lipinski definition) is 1. The van der Waals surface area contributed by atoms with Gasteiger partial charge in [0.15, 0.2) is 0 Å². The Morgan fingerprint density at radius 3 is 2.52 bits per heavy atom. The molecule has 31 heavy (non-hydrogen) atoms. The van der Waals surface area contributed by atoms with E-state index in [9.17, 15) is 14.4 Å². The van der Waals surface area contributed by atoms with Gasteiger partial charge in [-0.2, -0.15) is 0 Å². The van der Waals surface area contributed by atoms with E-state index in [1.54, 1.807) is 34.2 Å². The molecule has 8 heteroatoms. The van der Waals surface area contributed by atoms with E-state index in [0.29, 0.717) is 21.8 Å². The van der Waals surface area contributed by atoms with Gasteiger partial charge >= 0.3 is 5.69 Å². The van der Waals surface area contributed by atoms with Crippen LogP contribution in [0.15, 0.2) is 69.6 Å². The number of amides is 1. The molecule has 158 valence electrons. The summed E-state index contributed by atoms with van der Waals surface area (Å²) in [5, 5.41) is 5.05. The highest BCUT2D eigenvalue weighted by Gasteiger charge is 2.17. The van der Waals surface area contributed by atoms with E-state index in [0.717, 1.165) is 21.3 Å². The molecule has 0 aliphatic carbocycles. The number of thiophene rings is 1. The van der Waals surface area contributed by atoms with Crippen molar-refractivity contribution in [2.75, 3.05) is 0 Å². The van der Waals surface area contributed by atoms with Crippen LogP contribution in [-0.4, -0.2) is 15.0 Å². The molecule has 0 aliphatic rings. The number of hydrogen-bond acceptors (Lipinski definition) is 4. The van der Waals surface area contributed by atoms with Crippen LogP contribution in [0.1, 0.15) is 16.7 Å². The highest BCUT2D eigenvalue weighted by Crippen LogP contribution is 2.17. The van der Waals surface area contributed by atoms with E-state index in [2.05, 4.69) is 5.32 Å². The van der Waals surface area contributed by atoms with Gasteiger partial charge in [0, 0.05) is 11.6 Å². The first-order valence-corrected chi connectivity index (χ1v) is 11.0. The summed E-state index contributed by atoms with van der Waals surface area (Å²) in [7, 11) is 0. The second-order valence-electron chi connectivity index (χ2n) is 7.25. The number of aryl methyl sites for hydroxylation is 1. The van der Waals surface area contributed by atoms with Crippen molar-refractivity contribution >= 4 is 39.1 Å². The molecule has 0 fully saturated rings. The molecule has 0 bridgehead atoms. The summed E-state index contributed by atoms with van der Waals surface area (Å²) < 4.78 is 2.99. The van der Waals surface area contributed by atoms with Crippen molar-refractivity contribution in [2.45, 2.75) is 26.6 Å². The lowest BCUT2D eigenvalue weighted by Crippen LogP contribution is -2.43. The quantitative estimate of drug-likeness (QED) is 0.485. The molecule has 2 aromatic heterocycles. The Morgan fingerprint density at radius 1 is 1.03 bits per heavy atom. The van der Waals surface area contributed by atoms with Crippen molar-refractivity contribution in [3.63, 3.8) is 0 Å². The maximum atomic E-state index is 13.2. The molecule has 0 unspecified atom stereocenters. The zero-order valence-electron chi connectivity index (χ0n) is 16.8. The lowest BCUT2D eigenvalue weighted by molar-refractivity contribution is -0.121. The first-order chi connectivity index (χ1) is 14.9. The fraction of sp³-hybridized carbons (Fsp3) is 0.174. The number of rotatable bonds is 6. The van der Waals surface area contributed by atoms with Gasteiger partial charge in [-0.05, 0) is 35.6 Å². The van der Waals surface area contributed by atoms with Gasteiger partial charge in [-0.1, -0.05) is 59.6 Å². The van der Waals surface area contributed by atoms with Gasteiger partial charge in [-0.3, -0.25) is 14.2 Å². The molecule has 0 radical (unpaired) electrons. The first kappa shape index (κ1) is 21.1. The van der Waals surface area contributed by atoms with Gasteiger partial charge in [0.05, 0.1) is 12.1 Å². The maximum absolute atomic E-state index is 13.2. The molecular weight excluding hydrogens is 434 g/mol. The Hall–Kier alpha value is -3.16. The zero-order valence-corrected chi connectivity index (χ0v) is 18.4. The second kappa shape index (κ2) is 8.91. The van der Waals surface area contributed by atoms with Gasteiger partial charge in [0.2, 0.25) is 5.91 Å². The van der Waals surface area contributed by atoms with Crippen LogP contribution in [0.5, 0.6) is 0 Å². The monoisotopic (exact) mass is 453 g/mol. The van der Waals surface area contributed by atoms with Crippen LogP contribution in [0.4, 0.5) is 0 Å². The van der Waals surface area contributed by atoms with Crippen LogP contribution < -0.4 is 16.6 Å². The smallest absolute Gasteiger partial charge is 0.332 e. The summed E-state index contributed by atoms with van der Waals surface area (Å²) in [5.74, 6) is -0.433. The molecule has 0 saturated carbocycles. The molecule has 2 aromatic carbocycles. The highest BCUT2D eigenvalue weighted by molar-refractivity contribution is 7.17. The molecular formula is C23H20ClN3O3S. The van der Waals surface area contributed by atoms with E-state index < -0.39 is 17.2 Å². The number of fused-ring (bicyclic) bond motifs is 1. The molecule has 0 aliphatic heterocycles. The SMILES string of the molecule is Cc1ccc(Cn2c(=O)n(CC(=O)NCc3ccccc3Cl)c(=O)c3sccc32)cc1. The number of nitrogens with zero attached hydrogens (tertiary/aromatic N) is 2. The first-order valence-electron chi connectivity index (χ1n) is 9.70. The lowest BCUT2D eigenvalue weighted by Gasteiger charge is -2.13. The van der Waals surface area contributed by atoms with Gasteiger partial charge in [-0.25, -0.2) is 9.36 Å². The van der Waals surface area contributed by atoms with Gasteiger partial charge in [0.25, 0.3) is 5.56 Å². The predicted octanol–water partition coefficient (Wildman–Crippen LogP) is 3.55. The summed E-state index contributed by atoms with van der Waals surface area (Å²) in [6.07, 6.45) is 0. The van der Waals surface area contributed by atoms with Crippen molar-refractivity contribution in [3.05, 3.63) is 103 Å². The van der Waals surface area contributed by atoms with E-state index in [-0.39, 0.29) is 13.1 Å². The molecule has 4 aromatic rings. The molecule has 6 nitrogen and oxygen atoms in total. The van der Waals surface area contributed by atoms with E-state index in [1.165, 1.54) is 11.3 Å². The van der Waals surface area contributed by atoms with Crippen LogP contribution in [0, 0.1) is 6.92 Å². The third kappa shape index (κ3) is 4.47. The maximum Gasteiger partial charge on any atom is 0.332 e. The average molecular weight is 454 g/mol. The number of carbonyl (C=O) groups excluding carboxylic acids is 1. The van der Waals surface area contributed by atoms with Crippen molar-refractivity contribution < 1.29 is 4.79 Å². The van der Waals surface area contributed by atoms with Crippen LogP contribution in [0.2, 0.25) is 5.02 Å². The summed E-state index contributed by atoms with van der Waals surface area (Å²) in [4.78, 5) is 38.6. The number of halogens is 1. The lowest BCUT2D eigenvalue weighted by atomic mass is 10.1. The topological polar surface area (TPSA) is 73.1 Å². The average Bonchev–Trinajstić information content (AvgIpc) is 3.25. The molecule has 1 amide bonds. The number of benzene rings is 2. The minimum Gasteiger partial charge on any atom is -0.350 e. The number of aromatic nitrogens is 2. The van der Waals surface area contributed by atoms with Crippen molar-refractivity contribution in [1.82, 2.24) is 14.5 Å². The Bertz CT molecular complexity index is 1370. The predicted molar refractivity (Wildman–Crippen MR) is 124 cm³/mol. The number of nitrogens with one attached hydrogen (secondary N) is 1. The van der Waals surface area contributed by atoms with E-state index in [4.69, 9.17) is 11.6 Å². The van der Waals surface area contributed by atoms with Crippen LogP contribution in [0.3, 0.4) is 0 Å². The third-order valence-corrected chi connectivity index (χ3v) is 6.29. The van der Waals surface area contributed by atoms with Crippen LogP contribution in [0.25, 0.3) is 10.2 Å². The minimum absolute atomic E-state index is 0.214. The summed E-state index contributed by atoms with van der Waals surface area (Å²) in [5.41, 5.74) is 2.43. The third-order valence-electron chi connectivity index (χ3n) is 5.03. The van der Waals surface area contributed by atoms with Crippen molar-refractivity contribution in [1.29, 1.82) is 0 Å². The standard InChI is InChI=1S/C23H20ClN3O3S/c1-15-6-8-16(9-7-15)13-26-19-10-11-31-21(19)22(29)27(23(26)30)14-20(28)25-12-17-4-2-3-5-18(17)24/h2-11H,12-14H2,1H3,(H,25,28). The molecule has 2 heterocycles. The highest BCUT2D eigenvalue weighted by atomic mass is 35.5. The van der Waals surface area contributed by atoms with Crippen LogP contribution in [-0.2, 0) is 24.4 Å². The molecule has 4 rings (SSSR count). The van der Waals surface area contributed by atoms with Crippen molar-refractivity contribution in [3.8, 4) is 0 Å². The summed E-state index contributed by atoms with van der Waals surface area (Å²) >= 11 is 7.38. The van der Waals surface area contributed by atoms with E-state index in [1.807, 2.05) is 37.3 Å². The van der Waals surface area contributed by atoms with Gasteiger partial charge < -0.3 is 5.32 Å².